The zero-order valence-electron chi connectivity index (χ0n) is 32.4. The fraction of sp³-hybridized carbons (Fsp3) is 0.921. The van der Waals surface area contributed by atoms with E-state index in [0.29, 0.717) is 32.5 Å². The molecule has 1 amide bonds. The van der Waals surface area contributed by atoms with Gasteiger partial charge in [-0.1, -0.05) is 13.8 Å². The average molecular weight is 707 g/mol. The highest BCUT2D eigenvalue weighted by atomic mass is 16.7. The summed E-state index contributed by atoms with van der Waals surface area (Å²) >= 11 is 0. The van der Waals surface area contributed by atoms with Crippen LogP contribution in [0, 0.1) is 35.0 Å². The number of carbonyl (C=O) groups excluding carboxylic acids is 3. The molecule has 0 aromatic rings. The molecule has 286 valence electrons. The normalized spacial score (nSPS) is 40.2. The summed E-state index contributed by atoms with van der Waals surface area (Å²) in [4.78, 5) is 50.2. The Hall–Kier alpha value is -1.67. The van der Waals surface area contributed by atoms with Crippen molar-refractivity contribution < 1.29 is 38.4 Å². The molecule has 1 unspecified atom stereocenters. The Balaban J connectivity index is 1.32. The number of rotatable bonds is 8. The van der Waals surface area contributed by atoms with Crippen LogP contribution in [-0.4, -0.2) is 159 Å². The van der Waals surface area contributed by atoms with Gasteiger partial charge in [-0.15, -0.1) is 0 Å². The summed E-state index contributed by atoms with van der Waals surface area (Å²) in [6.45, 7) is 16.2. The number of hydrogen-bond donors (Lipinski definition) is 1. The molecule has 4 heterocycles. The molecule has 0 aromatic carbocycles. The monoisotopic (exact) mass is 706 g/mol. The lowest BCUT2D eigenvalue weighted by molar-refractivity contribution is -0.295. The predicted octanol–water partition coefficient (Wildman–Crippen LogP) is 2.51. The molecule has 12 nitrogen and oxygen atoms in total. The minimum Gasteiger partial charge on any atom is -0.463 e. The third-order valence-corrected chi connectivity index (χ3v) is 12.5. The molecular weight excluding hydrogens is 640 g/mol. The summed E-state index contributed by atoms with van der Waals surface area (Å²) in [5, 5.41) is 11.4. The van der Waals surface area contributed by atoms with Gasteiger partial charge in [0.1, 0.15) is 18.1 Å². The van der Waals surface area contributed by atoms with Crippen LogP contribution in [0.1, 0.15) is 73.6 Å². The molecule has 12 heteroatoms. The second-order valence-electron chi connectivity index (χ2n) is 17.5. The van der Waals surface area contributed by atoms with Gasteiger partial charge in [-0.25, -0.2) is 0 Å². The molecule has 0 radical (unpaired) electrons. The van der Waals surface area contributed by atoms with Gasteiger partial charge < -0.3 is 38.8 Å². The molecule has 0 bridgehead atoms. The number of cyclic esters (lactones) is 1. The zero-order valence-corrected chi connectivity index (χ0v) is 32.4. The second kappa shape index (κ2) is 15.7. The SMILES string of the molecule is CO[C@]1(C)C[C@@H](C)CN(C)C(C2CN(C(=O)[C@H]3CCN(CC4CC4)C3)C2)COC(=O)C(C)(C)C(=O)[C@H](C)[C@H]1O[C@@H]1O[C@H](C)C[C@H](N(C)C)[C@H]1O. The maximum atomic E-state index is 14.3. The van der Waals surface area contributed by atoms with Crippen LogP contribution >= 0.6 is 0 Å². The number of Topliss-reactive ketones (excluding diaryl/α,β-unsaturated/α-hetero) is 1. The second-order valence-corrected chi connectivity index (χ2v) is 17.5. The quantitative estimate of drug-likeness (QED) is 0.296. The van der Waals surface area contributed by atoms with Crippen molar-refractivity contribution in [3.8, 4) is 0 Å². The Morgan fingerprint density at radius 1 is 1.04 bits per heavy atom. The van der Waals surface area contributed by atoms with Crippen LogP contribution in [0.15, 0.2) is 0 Å². The molecule has 1 aliphatic carbocycles. The van der Waals surface area contributed by atoms with Crippen LogP contribution in [0.3, 0.4) is 0 Å². The van der Waals surface area contributed by atoms with Crippen LogP contribution in [0.2, 0.25) is 0 Å². The lowest BCUT2D eigenvalue weighted by atomic mass is 9.74. The third-order valence-electron chi connectivity index (χ3n) is 12.5. The van der Waals surface area contributed by atoms with Crippen LogP contribution in [-0.2, 0) is 33.3 Å². The standard InChI is InChI=1S/C38H66N4O8/c1-23-16-38(6,47-10)33(50-35-31(43)29(39(7)8)15-24(2)49-35)25(3)32(44)37(4,5)36(46)48-22-30(40(9)17-23)28-20-42(21-28)34(45)27-13-14-41(19-27)18-26-11-12-26/h23-31,33,35,43H,11-22H2,1-10H3/t23-,24-,25+,27+,29+,30?,31-,33-,35+,38-/m1/s1. The van der Waals surface area contributed by atoms with Gasteiger partial charge in [-0.05, 0) is 99.3 Å². The number of amides is 1. The predicted molar refractivity (Wildman–Crippen MR) is 189 cm³/mol. The fourth-order valence-electron chi connectivity index (χ4n) is 9.12. The molecular formula is C38H66N4O8. The van der Waals surface area contributed by atoms with Gasteiger partial charge >= 0.3 is 5.97 Å². The van der Waals surface area contributed by atoms with E-state index < -0.39 is 41.4 Å². The number of methoxy groups -OCH3 is 1. The Kier molecular flexibility index (Phi) is 12.4. The van der Waals surface area contributed by atoms with E-state index in [2.05, 4.69) is 23.8 Å². The number of ether oxygens (including phenoxy) is 4. The van der Waals surface area contributed by atoms with E-state index in [-0.39, 0.29) is 54.2 Å². The van der Waals surface area contributed by atoms with Gasteiger partial charge in [0.05, 0.1) is 23.7 Å². The molecule has 0 spiro atoms. The topological polar surface area (TPSA) is 121 Å². The van der Waals surface area contributed by atoms with E-state index in [0.717, 1.165) is 32.0 Å². The highest BCUT2D eigenvalue weighted by Gasteiger charge is 2.52. The Labute approximate surface area is 300 Å². The van der Waals surface area contributed by atoms with Crippen molar-refractivity contribution in [2.75, 3.05) is 74.1 Å². The molecule has 1 saturated carbocycles. The van der Waals surface area contributed by atoms with Gasteiger partial charge in [0.25, 0.3) is 0 Å². The third kappa shape index (κ3) is 8.58. The maximum absolute atomic E-state index is 14.3. The highest BCUT2D eigenvalue weighted by Crippen LogP contribution is 2.39. The van der Waals surface area contributed by atoms with Crippen molar-refractivity contribution >= 4 is 17.7 Å². The van der Waals surface area contributed by atoms with Crippen molar-refractivity contribution in [3.63, 3.8) is 0 Å². The van der Waals surface area contributed by atoms with Crippen LogP contribution in [0.4, 0.5) is 0 Å². The minimum absolute atomic E-state index is 0.0677. The van der Waals surface area contributed by atoms with Gasteiger partial charge in [0, 0.05) is 63.8 Å². The molecule has 0 aromatic heterocycles. The number of nitrogens with zero attached hydrogens (tertiary/aromatic N) is 4. The summed E-state index contributed by atoms with van der Waals surface area (Å²) < 4.78 is 25.1. The number of aliphatic hydroxyl groups excluding tert-OH is 1. The van der Waals surface area contributed by atoms with Crippen molar-refractivity contribution in [1.82, 2.24) is 19.6 Å². The van der Waals surface area contributed by atoms with Crippen LogP contribution < -0.4 is 0 Å². The zero-order chi connectivity index (χ0) is 36.7. The van der Waals surface area contributed by atoms with Crippen molar-refractivity contribution in [3.05, 3.63) is 0 Å². The van der Waals surface area contributed by atoms with Gasteiger partial charge in [0.15, 0.2) is 12.1 Å². The molecule has 10 atom stereocenters. The Morgan fingerprint density at radius 2 is 1.72 bits per heavy atom. The molecule has 5 aliphatic rings. The smallest absolute Gasteiger partial charge is 0.319 e. The molecule has 1 N–H and O–H groups in total. The number of likely N-dealkylation sites (tertiary alicyclic amines) is 2. The van der Waals surface area contributed by atoms with E-state index in [1.54, 1.807) is 27.9 Å². The summed E-state index contributed by atoms with van der Waals surface area (Å²) in [5.74, 6) is -0.287. The average Bonchev–Trinajstić information content (AvgIpc) is 3.73. The minimum atomic E-state index is -1.46. The lowest BCUT2D eigenvalue weighted by Gasteiger charge is -2.48. The Morgan fingerprint density at radius 3 is 2.34 bits per heavy atom. The largest absolute Gasteiger partial charge is 0.463 e. The van der Waals surface area contributed by atoms with Gasteiger partial charge in [-0.3, -0.25) is 19.3 Å². The van der Waals surface area contributed by atoms with Crippen molar-refractivity contribution in [2.24, 2.45) is 35.0 Å². The van der Waals surface area contributed by atoms with Crippen molar-refractivity contribution in [1.29, 1.82) is 0 Å². The number of aliphatic hydroxyl groups is 1. The Bertz CT molecular complexity index is 1210. The molecule has 4 saturated heterocycles. The molecule has 4 aliphatic heterocycles. The number of hydrogen-bond acceptors (Lipinski definition) is 11. The first-order chi connectivity index (χ1) is 23.4. The highest BCUT2D eigenvalue weighted by molar-refractivity contribution is 6.04. The van der Waals surface area contributed by atoms with E-state index in [4.69, 9.17) is 18.9 Å². The van der Waals surface area contributed by atoms with Crippen molar-refractivity contribution in [2.45, 2.75) is 116 Å². The van der Waals surface area contributed by atoms with Gasteiger partial charge in [0.2, 0.25) is 5.91 Å². The summed E-state index contributed by atoms with van der Waals surface area (Å²) in [6.07, 6.45) is 1.85. The first-order valence-electron chi connectivity index (χ1n) is 19.1. The number of carbonyl (C=O) groups is 3. The fourth-order valence-corrected chi connectivity index (χ4v) is 9.12. The molecule has 50 heavy (non-hydrogen) atoms. The van der Waals surface area contributed by atoms with E-state index in [1.165, 1.54) is 12.8 Å². The van der Waals surface area contributed by atoms with E-state index in [1.807, 2.05) is 37.7 Å². The molecule has 5 rings (SSSR count). The first-order valence-corrected chi connectivity index (χ1v) is 19.1. The summed E-state index contributed by atoms with van der Waals surface area (Å²) in [6, 6.07) is -0.298. The van der Waals surface area contributed by atoms with E-state index >= 15 is 0 Å². The van der Waals surface area contributed by atoms with Crippen LogP contribution in [0.25, 0.3) is 0 Å². The number of esters is 1. The first kappa shape index (κ1) is 39.5. The van der Waals surface area contributed by atoms with Gasteiger partial charge in [-0.2, -0.15) is 0 Å². The lowest BCUT2D eigenvalue weighted by Crippen LogP contribution is -2.60. The maximum Gasteiger partial charge on any atom is 0.319 e. The summed E-state index contributed by atoms with van der Waals surface area (Å²) in [7, 11) is 7.52. The van der Waals surface area contributed by atoms with Crippen LogP contribution in [0.5, 0.6) is 0 Å². The number of likely N-dealkylation sites (N-methyl/N-ethyl adjacent to an activating group) is 2. The van der Waals surface area contributed by atoms with E-state index in [9.17, 15) is 19.5 Å². The molecule has 5 fully saturated rings. The summed E-state index contributed by atoms with van der Waals surface area (Å²) in [5.41, 5.74) is -2.41. The number of ketones is 1.